The van der Waals surface area contributed by atoms with Crippen molar-refractivity contribution in [3.05, 3.63) is 40.4 Å². The number of nitrogens with zero attached hydrogens (tertiary/aromatic N) is 1. The van der Waals surface area contributed by atoms with E-state index in [1.807, 2.05) is 0 Å². The van der Waals surface area contributed by atoms with Crippen LogP contribution in [0.25, 0.3) is 0 Å². The van der Waals surface area contributed by atoms with E-state index in [0.29, 0.717) is 11.8 Å². The largest absolute Gasteiger partial charge is 0.385 e. The summed E-state index contributed by atoms with van der Waals surface area (Å²) in [5.41, 5.74) is 3.73. The lowest BCUT2D eigenvalue weighted by Crippen LogP contribution is -2.14. The van der Waals surface area contributed by atoms with Crippen molar-refractivity contribution in [2.24, 2.45) is 5.92 Å². The molecule has 0 aliphatic heterocycles. The van der Waals surface area contributed by atoms with E-state index in [0.717, 1.165) is 23.9 Å². The molecule has 0 bridgehead atoms. The average molecular weight is 318 g/mol. The summed E-state index contributed by atoms with van der Waals surface area (Å²) in [6.45, 7) is 12.8. The maximum atomic E-state index is 4.55. The Balaban J connectivity index is 2.01. The van der Waals surface area contributed by atoms with E-state index < -0.39 is 0 Å². The van der Waals surface area contributed by atoms with Gasteiger partial charge in [-0.05, 0) is 31.4 Å². The van der Waals surface area contributed by atoms with Gasteiger partial charge in [-0.15, -0.1) is 11.3 Å². The first-order valence-corrected chi connectivity index (χ1v) is 8.79. The molecule has 1 heterocycles. The molecule has 4 heteroatoms. The molecule has 3 nitrogen and oxygen atoms in total. The van der Waals surface area contributed by atoms with Gasteiger partial charge in [0.2, 0.25) is 0 Å². The van der Waals surface area contributed by atoms with Crippen molar-refractivity contribution in [2.45, 2.75) is 40.5 Å². The highest BCUT2D eigenvalue weighted by atomic mass is 32.1. The number of rotatable bonds is 7. The van der Waals surface area contributed by atoms with E-state index in [4.69, 9.17) is 0 Å². The molecule has 0 aliphatic carbocycles. The zero-order chi connectivity index (χ0) is 16.1. The third-order valence-electron chi connectivity index (χ3n) is 3.78. The Hall–Kier alpha value is -1.55. The van der Waals surface area contributed by atoms with Crippen LogP contribution >= 0.6 is 11.3 Å². The maximum Gasteiger partial charge on any atom is 0.183 e. The first-order chi connectivity index (χ1) is 10.5. The van der Waals surface area contributed by atoms with Crippen LogP contribution in [0.3, 0.4) is 0 Å². The van der Waals surface area contributed by atoms with Crippen LogP contribution < -0.4 is 10.6 Å². The molecule has 0 saturated carbocycles. The zero-order valence-electron chi connectivity index (χ0n) is 14.2. The summed E-state index contributed by atoms with van der Waals surface area (Å²) in [5, 5.41) is 8.06. The average Bonchev–Trinajstić information content (AvgIpc) is 2.81. The number of nitrogens with one attached hydrogen (secondary N) is 2. The van der Waals surface area contributed by atoms with E-state index in [-0.39, 0.29) is 0 Å². The number of benzene rings is 1. The summed E-state index contributed by atoms with van der Waals surface area (Å²) >= 11 is 1.73. The molecule has 0 aliphatic rings. The number of para-hydroxylation sites is 1. The van der Waals surface area contributed by atoms with Gasteiger partial charge in [-0.1, -0.05) is 39.0 Å². The molecular weight excluding hydrogens is 290 g/mol. The van der Waals surface area contributed by atoms with E-state index in [1.165, 1.54) is 16.1 Å². The molecule has 120 valence electrons. The summed E-state index contributed by atoms with van der Waals surface area (Å²) < 4.78 is 0. The van der Waals surface area contributed by atoms with Gasteiger partial charge in [0, 0.05) is 29.6 Å². The molecular formula is C18H27N3S. The first-order valence-electron chi connectivity index (χ1n) is 7.98. The molecule has 22 heavy (non-hydrogen) atoms. The molecule has 0 saturated heterocycles. The number of thiazole rings is 1. The van der Waals surface area contributed by atoms with Gasteiger partial charge in [-0.2, -0.15) is 0 Å². The highest BCUT2D eigenvalue weighted by molar-refractivity contribution is 7.15. The van der Waals surface area contributed by atoms with Crippen LogP contribution in [-0.2, 0) is 0 Å². The van der Waals surface area contributed by atoms with Crippen LogP contribution in [0.15, 0.2) is 24.3 Å². The molecule has 1 unspecified atom stereocenters. The van der Waals surface area contributed by atoms with E-state index in [1.54, 1.807) is 11.3 Å². The van der Waals surface area contributed by atoms with Crippen molar-refractivity contribution in [3.8, 4) is 0 Å². The normalized spacial score (nSPS) is 12.5. The Morgan fingerprint density at radius 2 is 1.77 bits per heavy atom. The van der Waals surface area contributed by atoms with Crippen molar-refractivity contribution >= 4 is 22.2 Å². The second-order valence-electron chi connectivity index (χ2n) is 6.30. The lowest BCUT2D eigenvalue weighted by molar-refractivity contribution is 0.686. The number of anilines is 2. The van der Waals surface area contributed by atoms with Gasteiger partial charge in [-0.3, -0.25) is 0 Å². The van der Waals surface area contributed by atoms with Crippen LogP contribution in [-0.4, -0.2) is 18.1 Å². The van der Waals surface area contributed by atoms with Crippen molar-refractivity contribution in [1.29, 1.82) is 0 Å². The van der Waals surface area contributed by atoms with E-state index >= 15 is 0 Å². The van der Waals surface area contributed by atoms with Crippen LogP contribution in [0.1, 0.15) is 42.8 Å². The number of aromatic nitrogens is 1. The summed E-state index contributed by atoms with van der Waals surface area (Å²) in [5.74, 6) is 1.07. The van der Waals surface area contributed by atoms with Crippen molar-refractivity contribution in [2.75, 3.05) is 23.7 Å². The second kappa shape index (κ2) is 7.63. The molecule has 1 atom stereocenters. The second-order valence-corrected chi connectivity index (χ2v) is 7.51. The lowest BCUT2D eigenvalue weighted by atomic mass is 9.99. The monoisotopic (exact) mass is 317 g/mol. The molecule has 0 amide bonds. The fraction of sp³-hybridized carbons (Fsp3) is 0.500. The number of hydrogen-bond acceptors (Lipinski definition) is 4. The summed E-state index contributed by atoms with van der Waals surface area (Å²) in [6.07, 6.45) is 0. The van der Waals surface area contributed by atoms with Gasteiger partial charge in [0.05, 0.1) is 5.69 Å². The molecule has 1 aromatic heterocycles. The predicted molar refractivity (Wildman–Crippen MR) is 98.3 cm³/mol. The summed E-state index contributed by atoms with van der Waals surface area (Å²) in [7, 11) is 0. The highest BCUT2D eigenvalue weighted by Gasteiger charge is 2.11. The van der Waals surface area contributed by atoms with E-state index in [2.05, 4.69) is 74.5 Å². The minimum atomic E-state index is 0.431. The number of aryl methyl sites for hydroxylation is 2. The molecule has 1 aromatic carbocycles. The van der Waals surface area contributed by atoms with Crippen molar-refractivity contribution in [1.82, 2.24) is 4.98 Å². The molecule has 0 fully saturated rings. The van der Waals surface area contributed by atoms with Crippen LogP contribution in [0.5, 0.6) is 0 Å². The Morgan fingerprint density at radius 1 is 1.05 bits per heavy atom. The quantitative estimate of drug-likeness (QED) is 0.751. The van der Waals surface area contributed by atoms with E-state index in [9.17, 15) is 0 Å². The maximum absolute atomic E-state index is 4.55. The highest BCUT2D eigenvalue weighted by Crippen LogP contribution is 2.26. The van der Waals surface area contributed by atoms with Gasteiger partial charge in [-0.25, -0.2) is 4.98 Å². The smallest absolute Gasteiger partial charge is 0.183 e. The van der Waals surface area contributed by atoms with Crippen molar-refractivity contribution in [3.63, 3.8) is 0 Å². The number of hydrogen-bond donors (Lipinski definition) is 2. The molecule has 0 radical (unpaired) electrons. The summed E-state index contributed by atoms with van der Waals surface area (Å²) in [4.78, 5) is 5.84. The Bertz CT molecular complexity index is 585. The molecule has 2 N–H and O–H groups in total. The molecule has 0 spiro atoms. The van der Waals surface area contributed by atoms with Gasteiger partial charge < -0.3 is 10.6 Å². The summed E-state index contributed by atoms with van der Waals surface area (Å²) in [6, 6.07) is 8.60. The van der Waals surface area contributed by atoms with Gasteiger partial charge in [0.15, 0.2) is 5.13 Å². The fourth-order valence-electron chi connectivity index (χ4n) is 2.30. The topological polar surface area (TPSA) is 37.0 Å². The third kappa shape index (κ3) is 4.47. The van der Waals surface area contributed by atoms with Crippen LogP contribution in [0.4, 0.5) is 10.8 Å². The zero-order valence-corrected chi connectivity index (χ0v) is 15.1. The minimum absolute atomic E-state index is 0.431. The molecule has 2 rings (SSSR count). The van der Waals surface area contributed by atoms with Crippen LogP contribution in [0.2, 0.25) is 0 Å². The van der Waals surface area contributed by atoms with Gasteiger partial charge in [0.1, 0.15) is 0 Å². The first kappa shape index (κ1) is 16.8. The minimum Gasteiger partial charge on any atom is -0.385 e. The van der Waals surface area contributed by atoms with Gasteiger partial charge in [0.25, 0.3) is 0 Å². The Kier molecular flexibility index (Phi) is 5.83. The molecule has 2 aromatic rings. The van der Waals surface area contributed by atoms with Crippen molar-refractivity contribution < 1.29 is 0 Å². The standard InChI is InChI=1S/C18H27N3S/c1-12(2)10-19-17-9-7-6-8-16(17)13(3)11-20-18-21-14(4)15(5)22-18/h6-9,12-13,19H,10-11H2,1-5H3,(H,20,21). The Morgan fingerprint density at radius 3 is 2.41 bits per heavy atom. The lowest BCUT2D eigenvalue weighted by Gasteiger charge is -2.19. The SMILES string of the molecule is Cc1nc(NCC(C)c2ccccc2NCC(C)C)sc1C. The fourth-order valence-corrected chi connectivity index (χ4v) is 3.12. The Labute approximate surface area is 138 Å². The third-order valence-corrected chi connectivity index (χ3v) is 4.81. The van der Waals surface area contributed by atoms with Crippen LogP contribution in [0, 0.1) is 19.8 Å². The van der Waals surface area contributed by atoms with Gasteiger partial charge >= 0.3 is 0 Å². The predicted octanol–water partition coefficient (Wildman–Crippen LogP) is 5.04.